The predicted molar refractivity (Wildman–Crippen MR) is 66.5 cm³/mol. The Kier molecular flexibility index (Phi) is 3.30. The summed E-state index contributed by atoms with van der Waals surface area (Å²) in [6, 6.07) is 2.09. The standard InChI is InChI=1S/C12H18N2OS/c1-9-3-6-16-10(9)7-14-11(15)12(4-5-12)8-13-2/h3,6,13H,4-5,7-8H2,1-2H3,(H,14,15). The molecule has 16 heavy (non-hydrogen) atoms. The van der Waals surface area contributed by atoms with Crippen LogP contribution in [0, 0.1) is 12.3 Å². The zero-order chi connectivity index (χ0) is 11.6. The molecule has 88 valence electrons. The molecule has 0 saturated heterocycles. The minimum Gasteiger partial charge on any atom is -0.351 e. The highest BCUT2D eigenvalue weighted by Crippen LogP contribution is 2.45. The first-order valence-electron chi connectivity index (χ1n) is 5.64. The number of hydrogen-bond acceptors (Lipinski definition) is 3. The van der Waals surface area contributed by atoms with Gasteiger partial charge in [0.25, 0.3) is 0 Å². The Hall–Kier alpha value is -0.870. The second-order valence-corrected chi connectivity index (χ2v) is 5.52. The molecule has 1 aromatic rings. The molecule has 1 aliphatic carbocycles. The highest BCUT2D eigenvalue weighted by atomic mass is 32.1. The molecular weight excluding hydrogens is 220 g/mol. The van der Waals surface area contributed by atoms with E-state index in [2.05, 4.69) is 29.0 Å². The van der Waals surface area contributed by atoms with Crippen molar-refractivity contribution in [2.24, 2.45) is 5.41 Å². The van der Waals surface area contributed by atoms with Crippen molar-refractivity contribution in [2.75, 3.05) is 13.6 Å². The summed E-state index contributed by atoms with van der Waals surface area (Å²) >= 11 is 1.71. The zero-order valence-electron chi connectivity index (χ0n) is 9.80. The van der Waals surface area contributed by atoms with Gasteiger partial charge in [0, 0.05) is 11.4 Å². The normalized spacial score (nSPS) is 17.1. The van der Waals surface area contributed by atoms with Gasteiger partial charge >= 0.3 is 0 Å². The molecule has 0 bridgehead atoms. The first-order chi connectivity index (χ1) is 7.68. The number of hydrogen-bond donors (Lipinski definition) is 2. The summed E-state index contributed by atoms with van der Waals surface area (Å²) in [7, 11) is 1.90. The van der Waals surface area contributed by atoms with E-state index in [1.54, 1.807) is 11.3 Å². The molecule has 1 aromatic heterocycles. The van der Waals surface area contributed by atoms with Gasteiger partial charge in [-0.2, -0.15) is 0 Å². The molecule has 2 rings (SSSR count). The summed E-state index contributed by atoms with van der Waals surface area (Å²) in [5, 5.41) is 8.21. The van der Waals surface area contributed by atoms with Crippen molar-refractivity contribution >= 4 is 17.2 Å². The molecule has 0 aliphatic heterocycles. The van der Waals surface area contributed by atoms with Crippen molar-refractivity contribution in [3.63, 3.8) is 0 Å². The van der Waals surface area contributed by atoms with Crippen molar-refractivity contribution in [1.82, 2.24) is 10.6 Å². The maximum Gasteiger partial charge on any atom is 0.227 e. The summed E-state index contributed by atoms with van der Waals surface area (Å²) < 4.78 is 0. The van der Waals surface area contributed by atoms with Gasteiger partial charge in [0.15, 0.2) is 0 Å². The highest BCUT2D eigenvalue weighted by Gasteiger charge is 2.48. The van der Waals surface area contributed by atoms with E-state index in [0.717, 1.165) is 19.4 Å². The third kappa shape index (κ3) is 2.28. The van der Waals surface area contributed by atoms with E-state index in [9.17, 15) is 4.79 Å². The third-order valence-corrected chi connectivity index (χ3v) is 4.25. The predicted octanol–water partition coefficient (Wildman–Crippen LogP) is 1.67. The van der Waals surface area contributed by atoms with E-state index in [4.69, 9.17) is 0 Å². The van der Waals surface area contributed by atoms with Gasteiger partial charge in [-0.25, -0.2) is 0 Å². The molecular formula is C12H18N2OS. The highest BCUT2D eigenvalue weighted by molar-refractivity contribution is 7.10. The van der Waals surface area contributed by atoms with Crippen LogP contribution >= 0.6 is 11.3 Å². The monoisotopic (exact) mass is 238 g/mol. The summed E-state index contributed by atoms with van der Waals surface area (Å²) in [5.41, 5.74) is 1.16. The van der Waals surface area contributed by atoms with E-state index in [1.165, 1.54) is 10.4 Å². The molecule has 4 heteroatoms. The number of nitrogens with one attached hydrogen (secondary N) is 2. The topological polar surface area (TPSA) is 41.1 Å². The number of aryl methyl sites for hydroxylation is 1. The average Bonchev–Trinajstić information content (AvgIpc) is 2.93. The molecule has 1 amide bonds. The van der Waals surface area contributed by atoms with Gasteiger partial charge < -0.3 is 10.6 Å². The van der Waals surface area contributed by atoms with Crippen LogP contribution in [0.3, 0.4) is 0 Å². The number of thiophene rings is 1. The van der Waals surface area contributed by atoms with Crippen LogP contribution < -0.4 is 10.6 Å². The third-order valence-electron chi connectivity index (χ3n) is 3.23. The van der Waals surface area contributed by atoms with Crippen LogP contribution in [0.5, 0.6) is 0 Å². The van der Waals surface area contributed by atoms with E-state index in [-0.39, 0.29) is 11.3 Å². The van der Waals surface area contributed by atoms with Gasteiger partial charge in [-0.15, -0.1) is 11.3 Å². The van der Waals surface area contributed by atoms with Crippen LogP contribution in [0.2, 0.25) is 0 Å². The van der Waals surface area contributed by atoms with Gasteiger partial charge in [0.2, 0.25) is 5.91 Å². The Morgan fingerprint density at radius 2 is 2.31 bits per heavy atom. The van der Waals surface area contributed by atoms with Crippen molar-refractivity contribution in [3.8, 4) is 0 Å². The van der Waals surface area contributed by atoms with Crippen LogP contribution in [0.1, 0.15) is 23.3 Å². The molecule has 0 aromatic carbocycles. The summed E-state index contributed by atoms with van der Waals surface area (Å²) in [4.78, 5) is 13.2. The molecule has 0 atom stereocenters. The van der Waals surface area contributed by atoms with Crippen molar-refractivity contribution in [2.45, 2.75) is 26.3 Å². The van der Waals surface area contributed by atoms with Gasteiger partial charge in [-0.1, -0.05) is 0 Å². The average molecular weight is 238 g/mol. The first kappa shape index (κ1) is 11.6. The lowest BCUT2D eigenvalue weighted by atomic mass is 10.1. The minimum absolute atomic E-state index is 0.111. The quantitative estimate of drug-likeness (QED) is 0.819. The maximum atomic E-state index is 12.0. The molecule has 0 spiro atoms. The number of rotatable bonds is 5. The fraction of sp³-hybridized carbons (Fsp3) is 0.583. The SMILES string of the molecule is CNCC1(C(=O)NCc2sccc2C)CC1. The smallest absolute Gasteiger partial charge is 0.227 e. The molecule has 1 saturated carbocycles. The Labute approximate surface area is 100 Å². The van der Waals surface area contributed by atoms with Gasteiger partial charge in [-0.3, -0.25) is 4.79 Å². The molecule has 0 unspecified atom stereocenters. The van der Waals surface area contributed by atoms with E-state index in [1.807, 2.05) is 7.05 Å². The minimum atomic E-state index is -0.111. The molecule has 2 N–H and O–H groups in total. The van der Waals surface area contributed by atoms with Crippen LogP contribution in [-0.2, 0) is 11.3 Å². The maximum absolute atomic E-state index is 12.0. The Morgan fingerprint density at radius 3 is 2.81 bits per heavy atom. The summed E-state index contributed by atoms with van der Waals surface area (Å²) in [5.74, 6) is 0.203. The molecule has 1 fully saturated rings. The molecule has 3 nitrogen and oxygen atoms in total. The van der Waals surface area contributed by atoms with Crippen LogP contribution in [0.25, 0.3) is 0 Å². The lowest BCUT2D eigenvalue weighted by Crippen LogP contribution is -2.37. The lowest BCUT2D eigenvalue weighted by Gasteiger charge is -2.14. The van der Waals surface area contributed by atoms with Crippen molar-refractivity contribution in [3.05, 3.63) is 21.9 Å². The van der Waals surface area contributed by atoms with Crippen molar-refractivity contribution in [1.29, 1.82) is 0 Å². The Bertz CT molecular complexity index is 382. The van der Waals surface area contributed by atoms with Gasteiger partial charge in [0.1, 0.15) is 0 Å². The van der Waals surface area contributed by atoms with Crippen LogP contribution in [0.4, 0.5) is 0 Å². The molecule has 1 aliphatic rings. The summed E-state index contributed by atoms with van der Waals surface area (Å²) in [6.07, 6.45) is 2.03. The number of amides is 1. The molecule has 0 radical (unpaired) electrons. The molecule has 1 heterocycles. The summed E-state index contributed by atoms with van der Waals surface area (Å²) in [6.45, 7) is 3.55. The first-order valence-corrected chi connectivity index (χ1v) is 6.52. The van der Waals surface area contributed by atoms with Crippen LogP contribution in [-0.4, -0.2) is 19.5 Å². The second-order valence-electron chi connectivity index (χ2n) is 4.52. The lowest BCUT2D eigenvalue weighted by molar-refractivity contribution is -0.126. The number of carbonyl (C=O) groups is 1. The Morgan fingerprint density at radius 1 is 1.56 bits per heavy atom. The van der Waals surface area contributed by atoms with E-state index in [0.29, 0.717) is 6.54 Å². The van der Waals surface area contributed by atoms with Crippen molar-refractivity contribution < 1.29 is 4.79 Å². The fourth-order valence-electron chi connectivity index (χ4n) is 1.91. The van der Waals surface area contributed by atoms with Crippen LogP contribution in [0.15, 0.2) is 11.4 Å². The van der Waals surface area contributed by atoms with Gasteiger partial charge in [0.05, 0.1) is 12.0 Å². The fourth-order valence-corrected chi connectivity index (χ4v) is 2.75. The largest absolute Gasteiger partial charge is 0.351 e. The second kappa shape index (κ2) is 4.55. The number of carbonyl (C=O) groups excluding carboxylic acids is 1. The Balaban J connectivity index is 1.87. The van der Waals surface area contributed by atoms with E-state index >= 15 is 0 Å². The van der Waals surface area contributed by atoms with Gasteiger partial charge in [-0.05, 0) is 43.8 Å². The zero-order valence-corrected chi connectivity index (χ0v) is 10.6. The van der Waals surface area contributed by atoms with E-state index < -0.39 is 0 Å².